The Morgan fingerprint density at radius 2 is 2.00 bits per heavy atom. The van der Waals surface area contributed by atoms with Crippen LogP contribution in [-0.2, 0) is 11.3 Å². The fraction of sp³-hybridized carbons (Fsp3) is 0.538. The van der Waals surface area contributed by atoms with Gasteiger partial charge in [-0.1, -0.05) is 30.3 Å². The van der Waals surface area contributed by atoms with Crippen LogP contribution >= 0.6 is 0 Å². The Balaban J connectivity index is 2.10. The van der Waals surface area contributed by atoms with Gasteiger partial charge in [-0.15, -0.1) is 0 Å². The van der Waals surface area contributed by atoms with Crippen LogP contribution in [0.2, 0.25) is 0 Å². The molecule has 4 heteroatoms. The van der Waals surface area contributed by atoms with Crippen molar-refractivity contribution in [1.29, 1.82) is 0 Å². The van der Waals surface area contributed by atoms with Crippen LogP contribution in [0.3, 0.4) is 0 Å². The highest BCUT2D eigenvalue weighted by Crippen LogP contribution is 2.00. The van der Waals surface area contributed by atoms with Gasteiger partial charge in [0.2, 0.25) is 0 Å². The van der Waals surface area contributed by atoms with E-state index in [9.17, 15) is 0 Å². The minimum atomic E-state index is -0.702. The number of hydrogen-bond acceptors (Lipinski definition) is 4. The summed E-state index contributed by atoms with van der Waals surface area (Å²) in [5.74, 6) is 0. The van der Waals surface area contributed by atoms with Crippen molar-refractivity contribution in [3.63, 3.8) is 0 Å². The molecule has 1 rings (SSSR count). The summed E-state index contributed by atoms with van der Waals surface area (Å²) >= 11 is 0. The van der Waals surface area contributed by atoms with Crippen molar-refractivity contribution in [1.82, 2.24) is 5.32 Å². The Labute approximate surface area is 102 Å². The second-order valence-corrected chi connectivity index (χ2v) is 4.15. The predicted octanol–water partition coefficient (Wildman–Crippen LogP) is 0.534. The molecule has 0 radical (unpaired) electrons. The first kappa shape index (κ1) is 14.1. The van der Waals surface area contributed by atoms with E-state index in [2.05, 4.69) is 5.32 Å². The number of ether oxygens (including phenoxy) is 1. The van der Waals surface area contributed by atoms with Gasteiger partial charge in [-0.2, -0.15) is 0 Å². The lowest BCUT2D eigenvalue weighted by atomic mass is 10.2. The molecule has 0 aromatic heterocycles. The first-order valence-corrected chi connectivity index (χ1v) is 5.86. The molecule has 0 aliphatic rings. The summed E-state index contributed by atoms with van der Waals surface area (Å²) in [6, 6.07) is 10.1. The molecule has 4 nitrogen and oxygen atoms in total. The van der Waals surface area contributed by atoms with E-state index in [1.54, 1.807) is 0 Å². The lowest BCUT2D eigenvalue weighted by molar-refractivity contribution is 0.0760. The van der Waals surface area contributed by atoms with Crippen molar-refractivity contribution < 1.29 is 14.9 Å². The van der Waals surface area contributed by atoms with Gasteiger partial charge in [0.25, 0.3) is 0 Å². The molecule has 0 heterocycles. The Morgan fingerprint density at radius 3 is 2.65 bits per heavy atom. The van der Waals surface area contributed by atoms with E-state index >= 15 is 0 Å². The fourth-order valence-corrected chi connectivity index (χ4v) is 1.39. The van der Waals surface area contributed by atoms with E-state index in [0.717, 1.165) is 5.56 Å². The standard InChI is InChI=1S/C13H21NO3/c1-11(14-7-13(16)8-15)9-17-10-12-5-3-2-4-6-12/h2-6,11,13-16H,7-10H2,1H3/t11?,13-/m0/s1. The summed E-state index contributed by atoms with van der Waals surface area (Å²) in [6.07, 6.45) is -0.702. The second-order valence-electron chi connectivity index (χ2n) is 4.15. The maximum atomic E-state index is 9.16. The monoisotopic (exact) mass is 239 g/mol. The van der Waals surface area contributed by atoms with Crippen LogP contribution in [0.15, 0.2) is 30.3 Å². The zero-order chi connectivity index (χ0) is 12.5. The highest BCUT2D eigenvalue weighted by molar-refractivity contribution is 5.13. The number of aliphatic hydroxyl groups is 2. The molecule has 1 unspecified atom stereocenters. The zero-order valence-electron chi connectivity index (χ0n) is 10.2. The van der Waals surface area contributed by atoms with Gasteiger partial charge in [0.1, 0.15) is 0 Å². The van der Waals surface area contributed by atoms with Crippen LogP contribution in [0.1, 0.15) is 12.5 Å². The van der Waals surface area contributed by atoms with Crippen LogP contribution in [0.4, 0.5) is 0 Å². The molecule has 1 aromatic carbocycles. The van der Waals surface area contributed by atoms with Gasteiger partial charge in [0.05, 0.1) is 25.9 Å². The average Bonchev–Trinajstić information content (AvgIpc) is 2.37. The minimum Gasteiger partial charge on any atom is -0.394 e. The van der Waals surface area contributed by atoms with Crippen molar-refractivity contribution in [2.45, 2.75) is 25.7 Å². The molecule has 0 saturated heterocycles. The smallest absolute Gasteiger partial charge is 0.0895 e. The number of nitrogens with one attached hydrogen (secondary N) is 1. The maximum Gasteiger partial charge on any atom is 0.0895 e. The third kappa shape index (κ3) is 6.38. The molecular formula is C13H21NO3. The predicted molar refractivity (Wildman–Crippen MR) is 66.7 cm³/mol. The van der Waals surface area contributed by atoms with Gasteiger partial charge in [0, 0.05) is 12.6 Å². The molecule has 96 valence electrons. The van der Waals surface area contributed by atoms with Gasteiger partial charge in [-0.25, -0.2) is 0 Å². The van der Waals surface area contributed by atoms with E-state index in [1.165, 1.54) is 0 Å². The highest BCUT2D eigenvalue weighted by Gasteiger charge is 2.05. The molecule has 1 aromatic rings. The van der Waals surface area contributed by atoms with Gasteiger partial charge in [0.15, 0.2) is 0 Å². The largest absolute Gasteiger partial charge is 0.394 e. The Bertz CT molecular complexity index is 292. The van der Waals surface area contributed by atoms with E-state index in [4.69, 9.17) is 14.9 Å². The molecule has 0 fully saturated rings. The van der Waals surface area contributed by atoms with Crippen LogP contribution < -0.4 is 5.32 Å². The summed E-state index contributed by atoms with van der Waals surface area (Å²) in [5.41, 5.74) is 1.15. The number of aliphatic hydroxyl groups excluding tert-OH is 2. The van der Waals surface area contributed by atoms with E-state index < -0.39 is 6.10 Å². The normalized spacial score (nSPS) is 14.5. The fourth-order valence-electron chi connectivity index (χ4n) is 1.39. The second kappa shape index (κ2) is 8.20. The van der Waals surface area contributed by atoms with Gasteiger partial charge >= 0.3 is 0 Å². The summed E-state index contributed by atoms with van der Waals surface area (Å²) in [4.78, 5) is 0. The topological polar surface area (TPSA) is 61.7 Å². The highest BCUT2D eigenvalue weighted by atomic mass is 16.5. The van der Waals surface area contributed by atoms with Crippen LogP contribution in [-0.4, -0.2) is 42.1 Å². The first-order valence-electron chi connectivity index (χ1n) is 5.86. The summed E-state index contributed by atoms with van der Waals surface area (Å²) in [5, 5.41) is 20.9. The molecule has 0 aliphatic carbocycles. The molecule has 0 bridgehead atoms. The quantitative estimate of drug-likeness (QED) is 0.619. The Hall–Kier alpha value is -0.940. The molecule has 3 N–H and O–H groups in total. The SMILES string of the molecule is CC(COCc1ccccc1)NC[C@H](O)CO. The van der Waals surface area contributed by atoms with Crippen LogP contribution in [0.25, 0.3) is 0 Å². The molecule has 2 atom stereocenters. The van der Waals surface area contributed by atoms with Crippen molar-refractivity contribution >= 4 is 0 Å². The third-order valence-electron chi connectivity index (χ3n) is 2.39. The molecule has 17 heavy (non-hydrogen) atoms. The average molecular weight is 239 g/mol. The van der Waals surface area contributed by atoms with E-state index in [-0.39, 0.29) is 12.6 Å². The van der Waals surface area contributed by atoms with Crippen molar-refractivity contribution in [3.05, 3.63) is 35.9 Å². The van der Waals surface area contributed by atoms with Crippen LogP contribution in [0, 0.1) is 0 Å². The molecule has 0 amide bonds. The third-order valence-corrected chi connectivity index (χ3v) is 2.39. The van der Waals surface area contributed by atoms with E-state index in [1.807, 2.05) is 37.3 Å². The van der Waals surface area contributed by atoms with Crippen LogP contribution in [0.5, 0.6) is 0 Å². The van der Waals surface area contributed by atoms with Gasteiger partial charge in [-0.3, -0.25) is 0 Å². The van der Waals surface area contributed by atoms with Crippen molar-refractivity contribution in [2.75, 3.05) is 19.8 Å². The molecule has 0 spiro atoms. The first-order chi connectivity index (χ1) is 8.22. The van der Waals surface area contributed by atoms with Crippen molar-refractivity contribution in [2.24, 2.45) is 0 Å². The van der Waals surface area contributed by atoms with Gasteiger partial charge in [-0.05, 0) is 12.5 Å². The molecule has 0 aliphatic heterocycles. The molecular weight excluding hydrogens is 218 g/mol. The summed E-state index contributed by atoms with van der Waals surface area (Å²) < 4.78 is 5.54. The summed E-state index contributed by atoms with van der Waals surface area (Å²) in [6.45, 7) is 3.31. The van der Waals surface area contributed by atoms with Crippen molar-refractivity contribution in [3.8, 4) is 0 Å². The summed E-state index contributed by atoms with van der Waals surface area (Å²) in [7, 11) is 0. The van der Waals surface area contributed by atoms with E-state index in [0.29, 0.717) is 19.8 Å². The zero-order valence-corrected chi connectivity index (χ0v) is 10.2. The number of hydrogen-bond donors (Lipinski definition) is 3. The lowest BCUT2D eigenvalue weighted by Gasteiger charge is -2.16. The Kier molecular flexibility index (Phi) is 6.81. The number of benzene rings is 1. The Morgan fingerprint density at radius 1 is 1.29 bits per heavy atom. The minimum absolute atomic E-state index is 0.153. The molecule has 0 saturated carbocycles. The van der Waals surface area contributed by atoms with Gasteiger partial charge < -0.3 is 20.3 Å². The maximum absolute atomic E-state index is 9.16. The number of rotatable bonds is 8. The lowest BCUT2D eigenvalue weighted by Crippen LogP contribution is -2.37.